The predicted octanol–water partition coefficient (Wildman–Crippen LogP) is 9.32. The zero-order valence-corrected chi connectivity index (χ0v) is 24.3. The molecule has 0 saturated heterocycles. The van der Waals surface area contributed by atoms with Gasteiger partial charge in [-0.05, 0) is 0 Å². The van der Waals surface area contributed by atoms with E-state index >= 15 is 0 Å². The number of aryl methyl sites for hydroxylation is 3. The molecule has 4 aromatic heterocycles. The second-order valence-electron chi connectivity index (χ2n) is 9.09. The van der Waals surface area contributed by atoms with Crippen LogP contribution in [-0.2, 0) is 0 Å². The number of thiophene rings is 4. The Morgan fingerprint density at radius 2 is 1.13 bits per heavy atom. The molecular weight excluding hydrogens is 573 g/mol. The molecule has 0 aliphatic heterocycles. The summed E-state index contributed by atoms with van der Waals surface area (Å²) in [5.41, 5.74) is 3.48. The van der Waals surface area contributed by atoms with Crippen molar-refractivity contribution in [2.75, 3.05) is 0 Å². The second-order valence-corrected chi connectivity index (χ2v) is 28.8. The molecule has 0 unspecified atom stereocenters. The van der Waals surface area contributed by atoms with E-state index in [1.807, 2.05) is 37.3 Å². The van der Waals surface area contributed by atoms with Gasteiger partial charge in [-0.1, -0.05) is 0 Å². The molecular formula is C24H22F2S4Sn. The first-order valence-electron chi connectivity index (χ1n) is 10.1. The van der Waals surface area contributed by atoms with E-state index in [4.69, 9.17) is 0 Å². The molecule has 0 bridgehead atoms. The van der Waals surface area contributed by atoms with Gasteiger partial charge >= 0.3 is 203 Å². The van der Waals surface area contributed by atoms with Crippen molar-refractivity contribution >= 4 is 86.8 Å². The van der Waals surface area contributed by atoms with Gasteiger partial charge in [-0.25, -0.2) is 0 Å². The number of hydrogen-bond donors (Lipinski definition) is 0. The van der Waals surface area contributed by atoms with Gasteiger partial charge < -0.3 is 0 Å². The maximum absolute atomic E-state index is 14.5. The van der Waals surface area contributed by atoms with Crippen LogP contribution in [0.4, 0.5) is 8.78 Å². The van der Waals surface area contributed by atoms with Gasteiger partial charge in [0.05, 0.1) is 0 Å². The molecule has 160 valence electrons. The standard InChI is InChI=1S/C21H13F2S4.3CH3.Sn/c1-9-6-14(26-20(9)22)16-17(15-7-10(2)21(23)27-15)19-13(8-11(3)25-19)12-4-5-24-18(12)16;;;;/h4,6-8H,1-3H3;3*1H3;. The fourth-order valence-electron chi connectivity index (χ4n) is 3.91. The number of halogens is 2. The number of benzene rings is 1. The van der Waals surface area contributed by atoms with Crippen molar-refractivity contribution in [2.24, 2.45) is 0 Å². The van der Waals surface area contributed by atoms with E-state index < -0.39 is 18.4 Å². The van der Waals surface area contributed by atoms with Crippen LogP contribution in [0.25, 0.3) is 41.1 Å². The van der Waals surface area contributed by atoms with E-state index in [-0.39, 0.29) is 10.3 Å². The van der Waals surface area contributed by atoms with E-state index in [2.05, 4.69) is 33.9 Å². The number of rotatable bonds is 3. The van der Waals surface area contributed by atoms with Crippen molar-refractivity contribution in [1.82, 2.24) is 0 Å². The van der Waals surface area contributed by atoms with Crippen LogP contribution in [0.3, 0.4) is 0 Å². The molecule has 5 aromatic rings. The van der Waals surface area contributed by atoms with E-state index in [0.717, 1.165) is 20.9 Å². The number of hydrogen-bond acceptors (Lipinski definition) is 4. The summed E-state index contributed by atoms with van der Waals surface area (Å²) in [5, 5.41) is 2.23. The third-order valence-electron chi connectivity index (χ3n) is 5.53. The van der Waals surface area contributed by atoms with Crippen LogP contribution < -0.4 is 2.89 Å². The first kappa shape index (κ1) is 22.0. The Morgan fingerprint density at radius 3 is 1.58 bits per heavy atom. The zero-order valence-electron chi connectivity index (χ0n) is 18.2. The Balaban J connectivity index is 2.02. The van der Waals surface area contributed by atoms with Crippen LogP contribution in [0.5, 0.6) is 0 Å². The molecule has 31 heavy (non-hydrogen) atoms. The van der Waals surface area contributed by atoms with Crippen molar-refractivity contribution in [2.45, 2.75) is 35.6 Å². The molecule has 0 N–H and O–H groups in total. The van der Waals surface area contributed by atoms with Crippen LogP contribution in [0, 0.1) is 31.0 Å². The summed E-state index contributed by atoms with van der Waals surface area (Å²) in [6, 6.07) is 8.57. The molecule has 0 saturated carbocycles. The Bertz CT molecular complexity index is 1430. The normalized spacial score (nSPS) is 12.5. The van der Waals surface area contributed by atoms with E-state index in [0.29, 0.717) is 11.1 Å². The van der Waals surface area contributed by atoms with Crippen LogP contribution in [0.2, 0.25) is 14.8 Å². The monoisotopic (exact) mass is 596 g/mol. The molecule has 0 amide bonds. The van der Waals surface area contributed by atoms with E-state index in [1.165, 1.54) is 50.6 Å². The van der Waals surface area contributed by atoms with Gasteiger partial charge in [0.2, 0.25) is 0 Å². The number of fused-ring (bicyclic) bond motifs is 3. The zero-order chi connectivity index (χ0) is 22.2. The second kappa shape index (κ2) is 7.62. The summed E-state index contributed by atoms with van der Waals surface area (Å²) in [6.07, 6.45) is 0. The minimum absolute atomic E-state index is 0.142. The third-order valence-corrected chi connectivity index (χ3v) is 19.3. The van der Waals surface area contributed by atoms with Gasteiger partial charge in [0.15, 0.2) is 0 Å². The third kappa shape index (κ3) is 3.62. The van der Waals surface area contributed by atoms with Crippen LogP contribution in [0.15, 0.2) is 24.3 Å². The van der Waals surface area contributed by atoms with Gasteiger partial charge in [0.25, 0.3) is 0 Å². The Kier molecular flexibility index (Phi) is 5.41. The predicted molar refractivity (Wildman–Crippen MR) is 141 cm³/mol. The summed E-state index contributed by atoms with van der Waals surface area (Å²) < 4.78 is 32.9. The van der Waals surface area contributed by atoms with Gasteiger partial charge in [-0.2, -0.15) is 0 Å². The van der Waals surface area contributed by atoms with Crippen LogP contribution in [0.1, 0.15) is 16.0 Å². The summed E-state index contributed by atoms with van der Waals surface area (Å²) >= 11 is 3.72. The average molecular weight is 595 g/mol. The molecule has 0 atom stereocenters. The Hall–Kier alpha value is -0.801. The summed E-state index contributed by atoms with van der Waals surface area (Å²) in [5.74, 6) is 0. The van der Waals surface area contributed by atoms with Gasteiger partial charge in [0, 0.05) is 0 Å². The SMILES string of the molecule is Cc1cc2c(s1)c(-c1cc(C)c(F)s1)c(-c1cc(C)c(F)s1)c1s[c]([Sn]([CH3])([CH3])[CH3])cc12. The molecule has 4 heterocycles. The minimum atomic E-state index is -2.33. The van der Waals surface area contributed by atoms with Gasteiger partial charge in [-0.15, -0.1) is 0 Å². The molecule has 0 spiro atoms. The van der Waals surface area contributed by atoms with Crippen molar-refractivity contribution in [3.63, 3.8) is 0 Å². The quantitative estimate of drug-likeness (QED) is 0.183. The fourth-order valence-corrected chi connectivity index (χ4v) is 13.5. The topological polar surface area (TPSA) is 0 Å². The Labute approximate surface area is 201 Å². The van der Waals surface area contributed by atoms with Gasteiger partial charge in [-0.3, -0.25) is 0 Å². The summed E-state index contributed by atoms with van der Waals surface area (Å²) in [6.45, 7) is 5.77. The summed E-state index contributed by atoms with van der Waals surface area (Å²) in [4.78, 5) is 10.4. The van der Waals surface area contributed by atoms with Crippen LogP contribution >= 0.6 is 45.3 Å². The molecule has 0 fully saturated rings. The Morgan fingerprint density at radius 1 is 0.645 bits per heavy atom. The van der Waals surface area contributed by atoms with E-state index in [1.54, 1.807) is 11.3 Å². The van der Waals surface area contributed by atoms with Crippen molar-refractivity contribution < 1.29 is 8.78 Å². The molecule has 0 aliphatic rings. The van der Waals surface area contributed by atoms with Crippen molar-refractivity contribution in [1.29, 1.82) is 0 Å². The molecule has 0 radical (unpaired) electrons. The molecule has 1 aromatic carbocycles. The first-order valence-corrected chi connectivity index (χ1v) is 23.3. The average Bonchev–Trinajstić information content (AvgIpc) is 3.41. The molecule has 0 aliphatic carbocycles. The molecule has 7 heteroatoms. The molecule has 5 rings (SSSR count). The first-order chi connectivity index (χ1) is 14.5. The fraction of sp³-hybridized carbons (Fsp3) is 0.250. The van der Waals surface area contributed by atoms with E-state index in [9.17, 15) is 8.78 Å². The van der Waals surface area contributed by atoms with Crippen molar-refractivity contribution in [3.05, 3.63) is 50.5 Å². The van der Waals surface area contributed by atoms with Gasteiger partial charge in [0.1, 0.15) is 0 Å². The van der Waals surface area contributed by atoms with Crippen molar-refractivity contribution in [3.8, 4) is 20.9 Å². The summed E-state index contributed by atoms with van der Waals surface area (Å²) in [7, 11) is 0. The maximum atomic E-state index is 14.5. The van der Waals surface area contributed by atoms with Crippen LogP contribution in [-0.4, -0.2) is 18.4 Å². The molecule has 0 nitrogen and oxygen atoms in total.